The molecule has 1 aromatic rings. The molecule has 1 unspecified atom stereocenters. The predicted molar refractivity (Wildman–Crippen MR) is 66.7 cm³/mol. The summed E-state index contributed by atoms with van der Waals surface area (Å²) >= 11 is 0. The number of anilines is 1. The van der Waals surface area contributed by atoms with Crippen LogP contribution in [0.1, 0.15) is 26.2 Å². The van der Waals surface area contributed by atoms with E-state index in [-0.39, 0.29) is 0 Å². The Bertz CT molecular complexity index is 315. The molecule has 90 valence electrons. The molecule has 0 saturated carbocycles. The molecular formula is C12H22N4. The maximum absolute atomic E-state index is 4.27. The Kier molecular flexibility index (Phi) is 3.83. The first-order valence-electron chi connectivity index (χ1n) is 6.24. The molecular weight excluding hydrogens is 200 g/mol. The van der Waals surface area contributed by atoms with E-state index in [1.54, 1.807) is 0 Å². The van der Waals surface area contributed by atoms with E-state index in [0.29, 0.717) is 6.04 Å². The quantitative estimate of drug-likeness (QED) is 0.843. The van der Waals surface area contributed by atoms with E-state index in [1.165, 1.54) is 32.4 Å². The molecule has 1 aliphatic heterocycles. The lowest BCUT2D eigenvalue weighted by atomic mass is 10.1. The summed E-state index contributed by atoms with van der Waals surface area (Å²) in [7, 11) is 1.92. The first-order chi connectivity index (χ1) is 7.81. The molecule has 1 N–H and O–H groups in total. The van der Waals surface area contributed by atoms with Crippen LogP contribution in [-0.2, 0) is 6.54 Å². The summed E-state index contributed by atoms with van der Waals surface area (Å²) in [5, 5.41) is 3.12. The van der Waals surface area contributed by atoms with Gasteiger partial charge in [0.25, 0.3) is 0 Å². The van der Waals surface area contributed by atoms with Gasteiger partial charge in [-0.2, -0.15) is 0 Å². The fourth-order valence-corrected chi connectivity index (χ4v) is 2.44. The SMILES string of the molecule is CNc1nccn1CC(C)N1CCCCC1. The van der Waals surface area contributed by atoms with Gasteiger partial charge in [-0.1, -0.05) is 6.42 Å². The number of aromatic nitrogens is 2. The van der Waals surface area contributed by atoms with Gasteiger partial charge in [0, 0.05) is 32.0 Å². The van der Waals surface area contributed by atoms with Crippen LogP contribution in [0, 0.1) is 0 Å². The summed E-state index contributed by atoms with van der Waals surface area (Å²) in [4.78, 5) is 6.85. The first-order valence-corrected chi connectivity index (χ1v) is 6.24. The highest BCUT2D eigenvalue weighted by Crippen LogP contribution is 2.14. The largest absolute Gasteiger partial charge is 0.359 e. The van der Waals surface area contributed by atoms with Crippen molar-refractivity contribution in [2.75, 3.05) is 25.5 Å². The molecule has 2 heterocycles. The standard InChI is InChI=1S/C12H22N4/c1-11(15-7-4-3-5-8-15)10-16-9-6-14-12(16)13-2/h6,9,11H,3-5,7-8,10H2,1-2H3,(H,13,14). The van der Waals surface area contributed by atoms with Gasteiger partial charge in [0.1, 0.15) is 0 Å². The second kappa shape index (κ2) is 5.34. The van der Waals surface area contributed by atoms with E-state index in [1.807, 2.05) is 19.4 Å². The van der Waals surface area contributed by atoms with Gasteiger partial charge >= 0.3 is 0 Å². The number of imidazole rings is 1. The van der Waals surface area contributed by atoms with Crippen LogP contribution in [0.5, 0.6) is 0 Å². The molecule has 1 aliphatic rings. The van der Waals surface area contributed by atoms with Crippen molar-refractivity contribution in [1.29, 1.82) is 0 Å². The topological polar surface area (TPSA) is 33.1 Å². The van der Waals surface area contributed by atoms with Gasteiger partial charge in [0.15, 0.2) is 0 Å². The minimum atomic E-state index is 0.599. The maximum Gasteiger partial charge on any atom is 0.202 e. The molecule has 0 aliphatic carbocycles. The Balaban J connectivity index is 1.93. The third kappa shape index (κ3) is 2.55. The summed E-state index contributed by atoms with van der Waals surface area (Å²) in [5.41, 5.74) is 0. The van der Waals surface area contributed by atoms with E-state index >= 15 is 0 Å². The molecule has 1 saturated heterocycles. The Morgan fingerprint density at radius 1 is 1.38 bits per heavy atom. The second-order valence-electron chi connectivity index (χ2n) is 4.60. The summed E-state index contributed by atoms with van der Waals surface area (Å²) in [5.74, 6) is 0.962. The van der Waals surface area contributed by atoms with Gasteiger partial charge < -0.3 is 9.88 Å². The lowest BCUT2D eigenvalue weighted by Gasteiger charge is -2.32. The average Bonchev–Trinajstić information content (AvgIpc) is 2.77. The molecule has 4 heteroatoms. The molecule has 1 atom stereocenters. The van der Waals surface area contributed by atoms with Crippen molar-refractivity contribution >= 4 is 5.95 Å². The number of hydrogen-bond donors (Lipinski definition) is 1. The highest BCUT2D eigenvalue weighted by Gasteiger charge is 2.17. The smallest absolute Gasteiger partial charge is 0.202 e. The number of piperidine rings is 1. The zero-order valence-electron chi connectivity index (χ0n) is 10.3. The van der Waals surface area contributed by atoms with Crippen LogP contribution in [0.3, 0.4) is 0 Å². The molecule has 1 aromatic heterocycles. The second-order valence-corrected chi connectivity index (χ2v) is 4.60. The van der Waals surface area contributed by atoms with Crippen LogP contribution in [0.15, 0.2) is 12.4 Å². The minimum absolute atomic E-state index is 0.599. The van der Waals surface area contributed by atoms with Gasteiger partial charge in [-0.3, -0.25) is 4.90 Å². The normalized spacial score (nSPS) is 19.6. The van der Waals surface area contributed by atoms with Gasteiger partial charge in [0.05, 0.1) is 0 Å². The molecule has 0 bridgehead atoms. The van der Waals surface area contributed by atoms with Crippen molar-refractivity contribution < 1.29 is 0 Å². The van der Waals surface area contributed by atoms with Crippen molar-refractivity contribution in [3.63, 3.8) is 0 Å². The molecule has 2 rings (SSSR count). The third-order valence-electron chi connectivity index (χ3n) is 3.41. The Morgan fingerprint density at radius 3 is 2.81 bits per heavy atom. The van der Waals surface area contributed by atoms with Crippen LogP contribution in [0.4, 0.5) is 5.95 Å². The lowest BCUT2D eigenvalue weighted by Crippen LogP contribution is -2.39. The zero-order valence-corrected chi connectivity index (χ0v) is 10.3. The maximum atomic E-state index is 4.27. The number of likely N-dealkylation sites (tertiary alicyclic amines) is 1. The van der Waals surface area contributed by atoms with Crippen molar-refractivity contribution in [1.82, 2.24) is 14.5 Å². The molecule has 1 fully saturated rings. The summed E-state index contributed by atoms with van der Waals surface area (Å²) in [6.07, 6.45) is 8.01. The van der Waals surface area contributed by atoms with Gasteiger partial charge in [-0.15, -0.1) is 0 Å². The van der Waals surface area contributed by atoms with Gasteiger partial charge in [-0.05, 0) is 32.9 Å². The fourth-order valence-electron chi connectivity index (χ4n) is 2.44. The van der Waals surface area contributed by atoms with E-state index in [9.17, 15) is 0 Å². The lowest BCUT2D eigenvalue weighted by molar-refractivity contribution is 0.160. The Morgan fingerprint density at radius 2 is 2.12 bits per heavy atom. The van der Waals surface area contributed by atoms with Gasteiger partial charge in [-0.25, -0.2) is 4.98 Å². The summed E-state index contributed by atoms with van der Waals surface area (Å²) in [6.45, 7) is 5.84. The Hall–Kier alpha value is -1.03. The number of rotatable bonds is 4. The molecule has 0 radical (unpaired) electrons. The van der Waals surface area contributed by atoms with E-state index in [0.717, 1.165) is 12.5 Å². The minimum Gasteiger partial charge on any atom is -0.359 e. The van der Waals surface area contributed by atoms with Crippen LogP contribution < -0.4 is 5.32 Å². The van der Waals surface area contributed by atoms with E-state index < -0.39 is 0 Å². The number of hydrogen-bond acceptors (Lipinski definition) is 3. The van der Waals surface area contributed by atoms with E-state index in [2.05, 4.69) is 26.7 Å². The van der Waals surface area contributed by atoms with Crippen molar-refractivity contribution in [2.24, 2.45) is 0 Å². The average molecular weight is 222 g/mol. The highest BCUT2D eigenvalue weighted by atomic mass is 15.2. The van der Waals surface area contributed by atoms with Crippen LogP contribution in [0.2, 0.25) is 0 Å². The molecule has 16 heavy (non-hydrogen) atoms. The summed E-state index contributed by atoms with van der Waals surface area (Å²) in [6, 6.07) is 0.599. The molecule has 4 nitrogen and oxygen atoms in total. The third-order valence-corrected chi connectivity index (χ3v) is 3.41. The monoisotopic (exact) mass is 222 g/mol. The molecule has 0 aromatic carbocycles. The van der Waals surface area contributed by atoms with Crippen LogP contribution in [0.25, 0.3) is 0 Å². The van der Waals surface area contributed by atoms with Crippen LogP contribution in [-0.4, -0.2) is 40.6 Å². The molecule has 0 amide bonds. The number of nitrogens with zero attached hydrogens (tertiary/aromatic N) is 3. The van der Waals surface area contributed by atoms with Crippen molar-refractivity contribution in [3.8, 4) is 0 Å². The molecule has 0 spiro atoms. The van der Waals surface area contributed by atoms with Gasteiger partial charge in [0.2, 0.25) is 5.95 Å². The predicted octanol–water partition coefficient (Wildman–Crippen LogP) is 1.80. The summed E-state index contributed by atoms with van der Waals surface area (Å²) < 4.78 is 2.19. The van der Waals surface area contributed by atoms with E-state index in [4.69, 9.17) is 0 Å². The van der Waals surface area contributed by atoms with Crippen molar-refractivity contribution in [2.45, 2.75) is 38.8 Å². The van der Waals surface area contributed by atoms with Crippen molar-refractivity contribution in [3.05, 3.63) is 12.4 Å². The zero-order chi connectivity index (χ0) is 11.4. The van der Waals surface area contributed by atoms with Crippen LogP contribution >= 0.6 is 0 Å². The fraction of sp³-hybridized carbons (Fsp3) is 0.750. The number of nitrogens with one attached hydrogen (secondary N) is 1. The highest BCUT2D eigenvalue weighted by molar-refractivity contribution is 5.24. The first kappa shape index (κ1) is 11.5. The Labute approximate surface area is 97.7 Å².